The van der Waals surface area contributed by atoms with Crippen LogP contribution in [0.4, 0.5) is 5.82 Å². The lowest BCUT2D eigenvalue weighted by Crippen LogP contribution is -2.18. The molecule has 0 aromatic carbocycles. The summed E-state index contributed by atoms with van der Waals surface area (Å²) in [5.74, 6) is 1.58. The van der Waals surface area contributed by atoms with Crippen LogP contribution >= 0.6 is 11.6 Å². The van der Waals surface area contributed by atoms with Crippen LogP contribution in [0.5, 0.6) is 0 Å². The number of halogens is 1. The lowest BCUT2D eigenvalue weighted by molar-refractivity contribution is 0.545. The summed E-state index contributed by atoms with van der Waals surface area (Å²) in [6.07, 6.45) is 6.56. The van der Waals surface area contributed by atoms with E-state index in [2.05, 4.69) is 45.6 Å². The number of rotatable bonds is 5. The van der Waals surface area contributed by atoms with Gasteiger partial charge in [-0.2, -0.15) is 0 Å². The lowest BCUT2D eigenvalue weighted by Gasteiger charge is -2.19. The maximum atomic E-state index is 6.22. The molecule has 0 aliphatic carbocycles. The van der Waals surface area contributed by atoms with Gasteiger partial charge >= 0.3 is 0 Å². The number of aromatic nitrogens is 4. The molecule has 2 heterocycles. The Bertz CT molecular complexity index is 587. The second kappa shape index (κ2) is 6.43. The lowest BCUT2D eigenvalue weighted by atomic mass is 9.95. The van der Waals surface area contributed by atoms with E-state index in [0.717, 1.165) is 36.7 Å². The summed E-state index contributed by atoms with van der Waals surface area (Å²) in [6, 6.07) is 0. The first kappa shape index (κ1) is 15.8. The van der Waals surface area contributed by atoms with E-state index in [1.54, 1.807) is 6.20 Å². The predicted molar refractivity (Wildman–Crippen MR) is 85.8 cm³/mol. The first-order valence-corrected chi connectivity index (χ1v) is 7.50. The van der Waals surface area contributed by atoms with Crippen molar-refractivity contribution in [3.05, 3.63) is 35.3 Å². The highest BCUT2D eigenvalue weighted by Gasteiger charge is 2.20. The Hall–Kier alpha value is -1.62. The zero-order chi connectivity index (χ0) is 15.5. The van der Waals surface area contributed by atoms with Gasteiger partial charge in [-0.15, -0.1) is 0 Å². The van der Waals surface area contributed by atoms with Crippen LogP contribution in [0.15, 0.2) is 18.7 Å². The molecule has 0 atom stereocenters. The van der Waals surface area contributed by atoms with Crippen LogP contribution in [0.25, 0.3) is 0 Å². The third-order valence-electron chi connectivity index (χ3n) is 3.20. The Morgan fingerprint density at radius 2 is 2.05 bits per heavy atom. The van der Waals surface area contributed by atoms with Gasteiger partial charge in [0, 0.05) is 36.5 Å². The fourth-order valence-corrected chi connectivity index (χ4v) is 2.05. The highest BCUT2D eigenvalue weighted by atomic mass is 35.5. The molecule has 0 radical (unpaired) electrons. The van der Waals surface area contributed by atoms with E-state index in [0.29, 0.717) is 5.15 Å². The summed E-state index contributed by atoms with van der Waals surface area (Å²) < 4.78 is 2.06. The number of nitrogens with one attached hydrogen (secondary N) is 1. The van der Waals surface area contributed by atoms with E-state index in [-0.39, 0.29) is 5.41 Å². The van der Waals surface area contributed by atoms with Crippen molar-refractivity contribution in [2.45, 2.75) is 46.1 Å². The van der Waals surface area contributed by atoms with E-state index in [4.69, 9.17) is 11.6 Å². The Labute approximate surface area is 130 Å². The second-order valence-electron chi connectivity index (χ2n) is 6.14. The van der Waals surface area contributed by atoms with Crippen LogP contribution in [0.3, 0.4) is 0 Å². The minimum Gasteiger partial charge on any atom is -0.370 e. The van der Waals surface area contributed by atoms with Crippen molar-refractivity contribution >= 4 is 17.4 Å². The van der Waals surface area contributed by atoms with Gasteiger partial charge in [0.25, 0.3) is 0 Å². The quantitative estimate of drug-likeness (QED) is 0.679. The third-order valence-corrected chi connectivity index (χ3v) is 3.57. The summed E-state index contributed by atoms with van der Waals surface area (Å²) in [4.78, 5) is 13.0. The van der Waals surface area contributed by atoms with Gasteiger partial charge < -0.3 is 9.88 Å². The molecule has 21 heavy (non-hydrogen) atoms. The van der Waals surface area contributed by atoms with Crippen LogP contribution in [0.1, 0.15) is 38.6 Å². The summed E-state index contributed by atoms with van der Waals surface area (Å²) in [7, 11) is 0. The first-order chi connectivity index (χ1) is 9.88. The van der Waals surface area contributed by atoms with E-state index in [1.165, 1.54) is 0 Å². The van der Waals surface area contributed by atoms with Gasteiger partial charge in [-0.05, 0) is 13.3 Å². The summed E-state index contributed by atoms with van der Waals surface area (Å²) in [6.45, 7) is 9.93. The largest absolute Gasteiger partial charge is 0.370 e. The van der Waals surface area contributed by atoms with Gasteiger partial charge in [-0.25, -0.2) is 15.0 Å². The van der Waals surface area contributed by atoms with E-state index < -0.39 is 0 Å². The molecule has 0 bridgehead atoms. The molecule has 2 rings (SSSR count). The molecule has 0 saturated heterocycles. The van der Waals surface area contributed by atoms with Gasteiger partial charge in [-0.3, -0.25) is 0 Å². The molecule has 0 spiro atoms. The van der Waals surface area contributed by atoms with Crippen molar-refractivity contribution in [2.75, 3.05) is 11.9 Å². The van der Waals surface area contributed by atoms with Crippen molar-refractivity contribution in [2.24, 2.45) is 0 Å². The fourth-order valence-electron chi connectivity index (χ4n) is 1.88. The fraction of sp³-hybridized carbons (Fsp3) is 0.533. The Morgan fingerprint density at radius 1 is 1.29 bits per heavy atom. The summed E-state index contributed by atoms with van der Waals surface area (Å²) in [5.41, 5.74) is 0.775. The zero-order valence-corrected chi connectivity index (χ0v) is 13.8. The van der Waals surface area contributed by atoms with Crippen molar-refractivity contribution in [3.63, 3.8) is 0 Å². The minimum absolute atomic E-state index is 0.120. The van der Waals surface area contributed by atoms with Crippen molar-refractivity contribution in [1.29, 1.82) is 0 Å². The number of hydrogen-bond donors (Lipinski definition) is 1. The molecule has 0 aliphatic rings. The van der Waals surface area contributed by atoms with Crippen LogP contribution < -0.4 is 5.32 Å². The van der Waals surface area contributed by atoms with Gasteiger partial charge in [0.15, 0.2) is 0 Å². The molecule has 0 aliphatic heterocycles. The van der Waals surface area contributed by atoms with E-state index >= 15 is 0 Å². The molecule has 0 saturated carbocycles. The van der Waals surface area contributed by atoms with Gasteiger partial charge in [0.05, 0.1) is 6.33 Å². The molecule has 0 amide bonds. The van der Waals surface area contributed by atoms with Crippen LogP contribution in [0, 0.1) is 6.92 Å². The highest BCUT2D eigenvalue weighted by Crippen LogP contribution is 2.25. The molecular weight excluding hydrogens is 286 g/mol. The molecule has 5 nitrogen and oxygen atoms in total. The minimum atomic E-state index is -0.120. The van der Waals surface area contributed by atoms with Crippen LogP contribution in [-0.4, -0.2) is 26.1 Å². The zero-order valence-electron chi connectivity index (χ0n) is 13.0. The molecule has 0 unspecified atom stereocenters. The van der Waals surface area contributed by atoms with Crippen molar-refractivity contribution in [3.8, 4) is 0 Å². The maximum Gasteiger partial charge on any atom is 0.137 e. The van der Waals surface area contributed by atoms with E-state index in [9.17, 15) is 0 Å². The summed E-state index contributed by atoms with van der Waals surface area (Å²) >= 11 is 6.22. The Morgan fingerprint density at radius 3 is 2.67 bits per heavy atom. The van der Waals surface area contributed by atoms with Gasteiger partial charge in [0.1, 0.15) is 16.8 Å². The number of nitrogens with zero attached hydrogens (tertiary/aromatic N) is 4. The average molecular weight is 308 g/mol. The average Bonchev–Trinajstić information content (AvgIpc) is 2.91. The topological polar surface area (TPSA) is 55.6 Å². The number of imidazole rings is 1. The van der Waals surface area contributed by atoms with Gasteiger partial charge in [0.2, 0.25) is 0 Å². The predicted octanol–water partition coefficient (Wildman–Crippen LogP) is 3.43. The molecule has 2 aromatic rings. The Kier molecular flexibility index (Phi) is 4.83. The van der Waals surface area contributed by atoms with Crippen molar-refractivity contribution < 1.29 is 0 Å². The normalized spacial score (nSPS) is 11.7. The van der Waals surface area contributed by atoms with Crippen LogP contribution in [-0.2, 0) is 12.0 Å². The SMILES string of the molecule is Cc1c(Cl)nc(C(C)(C)C)nc1NCCCn1ccnc1. The molecule has 0 fully saturated rings. The molecule has 1 N–H and O–H groups in total. The number of hydrogen-bond acceptors (Lipinski definition) is 4. The second-order valence-corrected chi connectivity index (χ2v) is 6.50. The van der Waals surface area contributed by atoms with Gasteiger partial charge in [-0.1, -0.05) is 32.4 Å². The maximum absolute atomic E-state index is 6.22. The number of anilines is 1. The standard InChI is InChI=1S/C15H22ClN5/c1-11-12(16)19-14(15(2,3)4)20-13(11)18-6-5-8-21-9-7-17-10-21/h7,9-10H,5-6,8H2,1-4H3,(H,18,19,20). The summed E-state index contributed by atoms with van der Waals surface area (Å²) in [5, 5.41) is 3.88. The third kappa shape index (κ3) is 4.17. The number of aryl methyl sites for hydroxylation is 1. The highest BCUT2D eigenvalue weighted by molar-refractivity contribution is 6.30. The van der Waals surface area contributed by atoms with Crippen LogP contribution in [0.2, 0.25) is 5.15 Å². The smallest absolute Gasteiger partial charge is 0.137 e. The molecule has 114 valence electrons. The monoisotopic (exact) mass is 307 g/mol. The molecular formula is C15H22ClN5. The molecule has 2 aromatic heterocycles. The first-order valence-electron chi connectivity index (χ1n) is 7.12. The van der Waals surface area contributed by atoms with E-state index in [1.807, 2.05) is 19.4 Å². The molecule has 6 heteroatoms. The Balaban J connectivity index is 2.00. The van der Waals surface area contributed by atoms with Crippen molar-refractivity contribution in [1.82, 2.24) is 19.5 Å².